The predicted octanol–water partition coefficient (Wildman–Crippen LogP) is 4.29. The van der Waals surface area contributed by atoms with Crippen LogP contribution in [0.5, 0.6) is 5.75 Å². The summed E-state index contributed by atoms with van der Waals surface area (Å²) in [5.41, 5.74) is 2.48. The van der Waals surface area contributed by atoms with Gasteiger partial charge in [-0.05, 0) is 25.1 Å². The second-order valence-corrected chi connectivity index (χ2v) is 7.87. The molecule has 1 aromatic heterocycles. The summed E-state index contributed by atoms with van der Waals surface area (Å²) >= 11 is 2.77. The molecule has 144 valence electrons. The Balaban J connectivity index is 1.55. The molecule has 3 aromatic rings. The van der Waals surface area contributed by atoms with Gasteiger partial charge in [0, 0.05) is 22.4 Å². The maximum Gasteiger partial charge on any atom is 0.236 e. The van der Waals surface area contributed by atoms with Crippen LogP contribution in [0.15, 0.2) is 48.5 Å². The lowest BCUT2D eigenvalue weighted by Crippen LogP contribution is -2.14. The van der Waals surface area contributed by atoms with Crippen LogP contribution in [0.25, 0.3) is 10.6 Å². The molecule has 2 aromatic carbocycles. The number of nitrogens with one attached hydrogen (secondary N) is 1. The van der Waals surface area contributed by atoms with Crippen LogP contribution in [-0.2, 0) is 10.5 Å². The van der Waals surface area contributed by atoms with Crippen molar-refractivity contribution in [1.29, 1.82) is 0 Å². The number of amides is 1. The van der Waals surface area contributed by atoms with E-state index in [-0.39, 0.29) is 17.4 Å². The molecule has 6 nitrogen and oxygen atoms in total. The smallest absolute Gasteiger partial charge is 0.236 e. The van der Waals surface area contributed by atoms with E-state index >= 15 is 0 Å². The monoisotopic (exact) mass is 413 g/mol. The summed E-state index contributed by atoms with van der Waals surface area (Å²) in [4.78, 5) is 23.8. The highest BCUT2D eigenvalue weighted by Crippen LogP contribution is 2.27. The minimum absolute atomic E-state index is 0.00265. The van der Waals surface area contributed by atoms with Gasteiger partial charge in [-0.2, -0.15) is 0 Å². The Labute approximate surface area is 171 Å². The topological polar surface area (TPSA) is 81.2 Å². The molecular formula is C20H19N3O3S2. The third-order valence-corrected chi connectivity index (χ3v) is 5.74. The summed E-state index contributed by atoms with van der Waals surface area (Å²) in [6, 6.07) is 15.0. The molecule has 1 heterocycles. The fourth-order valence-corrected chi connectivity index (χ4v) is 4.06. The van der Waals surface area contributed by atoms with Crippen molar-refractivity contribution in [1.82, 2.24) is 10.2 Å². The lowest BCUT2D eigenvalue weighted by molar-refractivity contribution is -0.113. The van der Waals surface area contributed by atoms with Gasteiger partial charge in [0.05, 0.1) is 12.9 Å². The standard InChI is InChI=1S/C20H19N3O3S2/c1-13(24)15-8-9-17(26-2)16(10-15)11-27-12-18(25)21-20-23-22-19(28-20)14-6-4-3-5-7-14/h3-10H,11-12H2,1-2H3,(H,21,23,25). The molecule has 0 aliphatic carbocycles. The Morgan fingerprint density at radius 2 is 1.93 bits per heavy atom. The van der Waals surface area contributed by atoms with E-state index in [1.807, 2.05) is 36.4 Å². The number of ether oxygens (including phenoxy) is 1. The van der Waals surface area contributed by atoms with Crippen molar-refractivity contribution in [3.63, 3.8) is 0 Å². The number of nitrogens with zero attached hydrogens (tertiary/aromatic N) is 2. The van der Waals surface area contributed by atoms with E-state index in [0.717, 1.165) is 16.1 Å². The van der Waals surface area contributed by atoms with Crippen LogP contribution in [0.2, 0.25) is 0 Å². The quantitative estimate of drug-likeness (QED) is 0.555. The third-order valence-electron chi connectivity index (χ3n) is 3.87. The number of carbonyl (C=O) groups is 2. The summed E-state index contributed by atoms with van der Waals surface area (Å²) in [5, 5.41) is 12.1. The number of methoxy groups -OCH3 is 1. The van der Waals surface area contributed by atoms with Gasteiger partial charge < -0.3 is 4.74 Å². The zero-order valence-electron chi connectivity index (χ0n) is 15.5. The average molecular weight is 414 g/mol. The lowest BCUT2D eigenvalue weighted by atomic mass is 10.1. The van der Waals surface area contributed by atoms with E-state index in [9.17, 15) is 9.59 Å². The molecule has 0 bridgehead atoms. The van der Waals surface area contributed by atoms with E-state index in [1.54, 1.807) is 19.2 Å². The molecular weight excluding hydrogens is 394 g/mol. The minimum atomic E-state index is -0.151. The van der Waals surface area contributed by atoms with Crippen molar-refractivity contribution in [2.24, 2.45) is 0 Å². The first kappa shape index (κ1) is 20.0. The van der Waals surface area contributed by atoms with Gasteiger partial charge in [0.2, 0.25) is 11.0 Å². The Kier molecular flexibility index (Phi) is 6.78. The molecule has 0 unspecified atom stereocenters. The molecule has 0 radical (unpaired) electrons. The first-order valence-electron chi connectivity index (χ1n) is 8.51. The second kappa shape index (κ2) is 9.48. The van der Waals surface area contributed by atoms with Gasteiger partial charge >= 0.3 is 0 Å². The number of ketones is 1. The van der Waals surface area contributed by atoms with Crippen molar-refractivity contribution in [3.05, 3.63) is 59.7 Å². The number of hydrogen-bond donors (Lipinski definition) is 1. The Hall–Kier alpha value is -2.71. The number of carbonyl (C=O) groups excluding carboxylic acids is 2. The number of thioether (sulfide) groups is 1. The molecule has 8 heteroatoms. The zero-order chi connectivity index (χ0) is 19.9. The van der Waals surface area contributed by atoms with Gasteiger partial charge in [0.15, 0.2) is 5.78 Å². The van der Waals surface area contributed by atoms with Gasteiger partial charge in [-0.25, -0.2) is 0 Å². The average Bonchev–Trinajstić information content (AvgIpc) is 3.17. The largest absolute Gasteiger partial charge is 0.496 e. The van der Waals surface area contributed by atoms with E-state index < -0.39 is 0 Å². The lowest BCUT2D eigenvalue weighted by Gasteiger charge is -2.09. The van der Waals surface area contributed by atoms with Crippen LogP contribution in [0.1, 0.15) is 22.8 Å². The fourth-order valence-electron chi connectivity index (χ4n) is 2.49. The summed E-state index contributed by atoms with van der Waals surface area (Å²) in [6.07, 6.45) is 0. The van der Waals surface area contributed by atoms with Crippen LogP contribution in [0, 0.1) is 0 Å². The number of Topliss-reactive ketones (excluding diaryl/α,β-unsaturated/α-hetero) is 1. The van der Waals surface area contributed by atoms with Crippen LogP contribution in [-0.4, -0.2) is 34.8 Å². The van der Waals surface area contributed by atoms with Crippen LogP contribution >= 0.6 is 23.1 Å². The molecule has 0 aliphatic rings. The van der Waals surface area contributed by atoms with Gasteiger partial charge in [-0.1, -0.05) is 41.7 Å². The number of benzene rings is 2. The number of anilines is 1. The van der Waals surface area contributed by atoms with Gasteiger partial charge in [0.1, 0.15) is 10.8 Å². The highest BCUT2D eigenvalue weighted by molar-refractivity contribution is 7.99. The Morgan fingerprint density at radius 1 is 1.14 bits per heavy atom. The van der Waals surface area contributed by atoms with Crippen molar-refractivity contribution in [2.75, 3.05) is 18.2 Å². The molecule has 0 spiro atoms. The molecule has 0 aliphatic heterocycles. The predicted molar refractivity (Wildman–Crippen MR) is 113 cm³/mol. The van der Waals surface area contributed by atoms with Gasteiger partial charge in [0.25, 0.3) is 0 Å². The Bertz CT molecular complexity index is 974. The molecule has 0 saturated carbocycles. The maximum absolute atomic E-state index is 12.2. The highest BCUT2D eigenvalue weighted by Gasteiger charge is 2.11. The molecule has 0 fully saturated rings. The number of rotatable bonds is 8. The SMILES string of the molecule is COc1ccc(C(C)=O)cc1CSCC(=O)Nc1nnc(-c2ccccc2)s1. The molecule has 3 rings (SSSR count). The molecule has 28 heavy (non-hydrogen) atoms. The number of hydrogen-bond acceptors (Lipinski definition) is 7. The minimum Gasteiger partial charge on any atom is -0.496 e. The van der Waals surface area contributed by atoms with E-state index in [2.05, 4.69) is 15.5 Å². The normalized spacial score (nSPS) is 10.5. The summed E-state index contributed by atoms with van der Waals surface area (Å²) in [6.45, 7) is 1.53. The van der Waals surface area contributed by atoms with E-state index in [4.69, 9.17) is 4.74 Å². The first-order chi connectivity index (χ1) is 13.6. The van der Waals surface area contributed by atoms with Crippen molar-refractivity contribution in [3.8, 4) is 16.3 Å². The molecule has 0 saturated heterocycles. The van der Waals surface area contributed by atoms with Crippen molar-refractivity contribution < 1.29 is 14.3 Å². The molecule has 1 amide bonds. The molecule has 0 atom stereocenters. The molecule has 1 N–H and O–H groups in total. The van der Waals surface area contributed by atoms with E-state index in [0.29, 0.717) is 22.2 Å². The van der Waals surface area contributed by atoms with Crippen LogP contribution in [0.4, 0.5) is 5.13 Å². The van der Waals surface area contributed by atoms with Crippen molar-refractivity contribution >= 4 is 39.9 Å². The number of aromatic nitrogens is 2. The maximum atomic E-state index is 12.2. The summed E-state index contributed by atoms with van der Waals surface area (Å²) in [7, 11) is 1.59. The van der Waals surface area contributed by atoms with Crippen LogP contribution in [0.3, 0.4) is 0 Å². The van der Waals surface area contributed by atoms with Crippen molar-refractivity contribution in [2.45, 2.75) is 12.7 Å². The highest BCUT2D eigenvalue weighted by atomic mass is 32.2. The second-order valence-electron chi connectivity index (χ2n) is 5.90. The van der Waals surface area contributed by atoms with Gasteiger partial charge in [-0.15, -0.1) is 22.0 Å². The fraction of sp³-hybridized carbons (Fsp3) is 0.200. The zero-order valence-corrected chi connectivity index (χ0v) is 17.1. The first-order valence-corrected chi connectivity index (χ1v) is 10.5. The third kappa shape index (κ3) is 5.17. The van der Waals surface area contributed by atoms with Crippen LogP contribution < -0.4 is 10.1 Å². The summed E-state index contributed by atoms with van der Waals surface area (Å²) in [5.74, 6) is 1.37. The van der Waals surface area contributed by atoms with Gasteiger partial charge in [-0.3, -0.25) is 14.9 Å². The summed E-state index contributed by atoms with van der Waals surface area (Å²) < 4.78 is 5.34. The van der Waals surface area contributed by atoms with E-state index in [1.165, 1.54) is 30.0 Å². The Morgan fingerprint density at radius 3 is 2.64 bits per heavy atom.